The zero-order valence-electron chi connectivity index (χ0n) is 15.1. The van der Waals surface area contributed by atoms with Gasteiger partial charge in [0.1, 0.15) is 6.07 Å². The molecule has 0 atom stereocenters. The van der Waals surface area contributed by atoms with Gasteiger partial charge in [-0.15, -0.1) is 11.3 Å². The Morgan fingerprint density at radius 2 is 2.14 bits per heavy atom. The summed E-state index contributed by atoms with van der Waals surface area (Å²) >= 11 is 1.37. The third kappa shape index (κ3) is 5.22. The number of thiazole rings is 1. The standard InChI is InChI=1S/C20H17N5O2S/c1-2-27-19(26)8-18-13-28-20(24-18)25-23-11-14-3-5-16(6-4-14)17-7-15(9-21)10-22-12-17/h3-7,10-13H,2,8H2,1H3,(H,24,25). The van der Waals surface area contributed by atoms with Crippen LogP contribution in [0.3, 0.4) is 0 Å². The Balaban J connectivity index is 1.58. The largest absolute Gasteiger partial charge is 0.466 e. The number of carbonyl (C=O) groups excluding carboxylic acids is 1. The second kappa shape index (κ2) is 9.39. The quantitative estimate of drug-likeness (QED) is 0.375. The van der Waals surface area contributed by atoms with Gasteiger partial charge < -0.3 is 4.74 Å². The van der Waals surface area contributed by atoms with Crippen LogP contribution in [0.15, 0.2) is 53.2 Å². The fraction of sp³-hybridized carbons (Fsp3) is 0.150. The molecule has 7 nitrogen and oxygen atoms in total. The fourth-order valence-corrected chi connectivity index (χ4v) is 3.04. The number of hydrazone groups is 1. The second-order valence-electron chi connectivity index (χ2n) is 5.69. The Hall–Kier alpha value is -3.57. The molecule has 28 heavy (non-hydrogen) atoms. The number of benzene rings is 1. The number of aromatic nitrogens is 2. The molecule has 3 aromatic rings. The molecule has 0 spiro atoms. The maximum Gasteiger partial charge on any atom is 0.311 e. The Labute approximate surface area is 166 Å². The zero-order valence-corrected chi connectivity index (χ0v) is 15.9. The third-order valence-corrected chi connectivity index (χ3v) is 4.46. The van der Waals surface area contributed by atoms with Gasteiger partial charge in [-0.05, 0) is 24.1 Å². The Bertz CT molecular complexity index is 1020. The molecule has 0 radical (unpaired) electrons. The number of rotatable bonds is 7. The number of carbonyl (C=O) groups is 1. The molecule has 0 aliphatic carbocycles. The van der Waals surface area contributed by atoms with Gasteiger partial charge in [-0.1, -0.05) is 24.3 Å². The van der Waals surface area contributed by atoms with Gasteiger partial charge >= 0.3 is 5.97 Å². The van der Waals surface area contributed by atoms with E-state index in [1.165, 1.54) is 17.5 Å². The Kier molecular flexibility index (Phi) is 6.44. The van der Waals surface area contributed by atoms with Crippen LogP contribution in [0.4, 0.5) is 5.13 Å². The molecule has 8 heteroatoms. The van der Waals surface area contributed by atoms with Gasteiger partial charge in [0.25, 0.3) is 0 Å². The number of anilines is 1. The first kappa shape index (κ1) is 19.2. The van der Waals surface area contributed by atoms with Crippen molar-refractivity contribution in [2.75, 3.05) is 12.0 Å². The van der Waals surface area contributed by atoms with Gasteiger partial charge in [0.15, 0.2) is 0 Å². The van der Waals surface area contributed by atoms with Gasteiger partial charge in [-0.3, -0.25) is 15.2 Å². The van der Waals surface area contributed by atoms with E-state index in [0.29, 0.717) is 23.0 Å². The molecule has 1 N–H and O–H groups in total. The van der Waals surface area contributed by atoms with Crippen LogP contribution in [0.25, 0.3) is 11.1 Å². The fourth-order valence-electron chi connectivity index (χ4n) is 2.38. The van der Waals surface area contributed by atoms with Crippen LogP contribution in [0, 0.1) is 11.3 Å². The van der Waals surface area contributed by atoms with Crippen molar-refractivity contribution in [2.45, 2.75) is 13.3 Å². The third-order valence-electron chi connectivity index (χ3n) is 3.67. The summed E-state index contributed by atoms with van der Waals surface area (Å²) in [6.07, 6.45) is 5.09. The molecule has 2 aromatic heterocycles. The van der Waals surface area contributed by atoms with Crippen molar-refractivity contribution in [3.63, 3.8) is 0 Å². The molecule has 3 rings (SSSR count). The minimum Gasteiger partial charge on any atom is -0.466 e. The van der Waals surface area contributed by atoms with Gasteiger partial charge in [0, 0.05) is 23.3 Å². The van der Waals surface area contributed by atoms with E-state index in [1.54, 1.807) is 30.8 Å². The Morgan fingerprint density at radius 1 is 1.32 bits per heavy atom. The lowest BCUT2D eigenvalue weighted by Crippen LogP contribution is -2.07. The Morgan fingerprint density at radius 3 is 2.89 bits per heavy atom. The van der Waals surface area contributed by atoms with Crippen LogP contribution in [-0.2, 0) is 16.0 Å². The molecule has 0 aliphatic heterocycles. The molecule has 0 amide bonds. The first-order chi connectivity index (χ1) is 13.7. The van der Waals surface area contributed by atoms with E-state index in [4.69, 9.17) is 10.00 Å². The molecule has 0 bridgehead atoms. The van der Waals surface area contributed by atoms with Crippen LogP contribution in [0.5, 0.6) is 0 Å². The monoisotopic (exact) mass is 391 g/mol. The lowest BCUT2D eigenvalue weighted by Gasteiger charge is -2.02. The van der Waals surface area contributed by atoms with Crippen LogP contribution >= 0.6 is 11.3 Å². The summed E-state index contributed by atoms with van der Waals surface area (Å²) in [4.78, 5) is 19.8. The summed E-state index contributed by atoms with van der Waals surface area (Å²) in [5, 5.41) is 15.5. The molecule has 1 aromatic carbocycles. The SMILES string of the molecule is CCOC(=O)Cc1csc(NN=Cc2ccc(-c3cncc(C#N)c3)cc2)n1. The summed E-state index contributed by atoms with van der Waals surface area (Å²) in [6, 6.07) is 11.6. The number of ether oxygens (including phenoxy) is 1. The lowest BCUT2D eigenvalue weighted by molar-refractivity contribution is -0.142. The molecule has 0 unspecified atom stereocenters. The first-order valence-corrected chi connectivity index (χ1v) is 9.40. The summed E-state index contributed by atoms with van der Waals surface area (Å²) in [5.74, 6) is -0.293. The number of hydrogen-bond donors (Lipinski definition) is 1. The maximum atomic E-state index is 11.5. The number of nitrogens with zero attached hydrogens (tertiary/aromatic N) is 4. The second-order valence-corrected chi connectivity index (χ2v) is 6.55. The molecular formula is C20H17N5O2S. The van der Waals surface area contributed by atoms with Crippen molar-refractivity contribution < 1.29 is 9.53 Å². The van der Waals surface area contributed by atoms with E-state index >= 15 is 0 Å². The summed E-state index contributed by atoms with van der Waals surface area (Å²) < 4.78 is 4.90. The normalized spacial score (nSPS) is 10.6. The minimum absolute atomic E-state index is 0.152. The predicted octanol–water partition coefficient (Wildman–Crippen LogP) is 3.63. The minimum atomic E-state index is -0.293. The van der Waals surface area contributed by atoms with Crippen LogP contribution < -0.4 is 5.43 Å². The van der Waals surface area contributed by atoms with Crippen molar-refractivity contribution in [3.8, 4) is 17.2 Å². The zero-order chi connectivity index (χ0) is 19.8. The topological polar surface area (TPSA) is 100 Å². The van der Waals surface area contributed by atoms with E-state index < -0.39 is 0 Å². The highest BCUT2D eigenvalue weighted by atomic mass is 32.1. The molecule has 2 heterocycles. The van der Waals surface area contributed by atoms with E-state index in [9.17, 15) is 4.79 Å². The molecule has 0 fully saturated rings. The lowest BCUT2D eigenvalue weighted by atomic mass is 10.0. The van der Waals surface area contributed by atoms with Gasteiger partial charge in [0.05, 0.1) is 30.5 Å². The molecule has 140 valence electrons. The summed E-state index contributed by atoms with van der Waals surface area (Å²) in [7, 11) is 0. The van der Waals surface area contributed by atoms with Crippen molar-refractivity contribution in [1.29, 1.82) is 5.26 Å². The number of nitriles is 1. The molecule has 0 saturated heterocycles. The van der Waals surface area contributed by atoms with Gasteiger partial charge in [-0.25, -0.2) is 4.98 Å². The smallest absolute Gasteiger partial charge is 0.311 e. The van der Waals surface area contributed by atoms with Gasteiger partial charge in [0.2, 0.25) is 5.13 Å². The highest BCUT2D eigenvalue weighted by Gasteiger charge is 2.07. The molecule has 0 aliphatic rings. The van der Waals surface area contributed by atoms with E-state index in [2.05, 4.69) is 26.6 Å². The van der Waals surface area contributed by atoms with Crippen LogP contribution in [0.1, 0.15) is 23.7 Å². The van der Waals surface area contributed by atoms with Crippen molar-refractivity contribution >= 4 is 28.7 Å². The highest BCUT2D eigenvalue weighted by molar-refractivity contribution is 7.13. The highest BCUT2D eigenvalue weighted by Crippen LogP contribution is 2.20. The van der Waals surface area contributed by atoms with E-state index in [-0.39, 0.29) is 12.4 Å². The number of pyridine rings is 1. The summed E-state index contributed by atoms with van der Waals surface area (Å²) in [5.41, 5.74) is 6.80. The van der Waals surface area contributed by atoms with Gasteiger partial charge in [-0.2, -0.15) is 10.4 Å². The van der Waals surface area contributed by atoms with E-state index in [1.807, 2.05) is 24.3 Å². The molecular weight excluding hydrogens is 374 g/mol. The van der Waals surface area contributed by atoms with Crippen molar-refractivity contribution in [1.82, 2.24) is 9.97 Å². The predicted molar refractivity (Wildman–Crippen MR) is 108 cm³/mol. The summed E-state index contributed by atoms with van der Waals surface area (Å²) in [6.45, 7) is 2.13. The average molecular weight is 391 g/mol. The average Bonchev–Trinajstić information content (AvgIpc) is 3.16. The number of esters is 1. The first-order valence-electron chi connectivity index (χ1n) is 8.52. The maximum absolute atomic E-state index is 11.5. The van der Waals surface area contributed by atoms with Crippen molar-refractivity contribution in [3.05, 3.63) is 64.9 Å². The van der Waals surface area contributed by atoms with Crippen molar-refractivity contribution in [2.24, 2.45) is 5.10 Å². The van der Waals surface area contributed by atoms with E-state index in [0.717, 1.165) is 16.7 Å². The number of hydrogen-bond acceptors (Lipinski definition) is 8. The van der Waals surface area contributed by atoms with Crippen LogP contribution in [0.2, 0.25) is 0 Å². The number of nitrogens with one attached hydrogen (secondary N) is 1. The van der Waals surface area contributed by atoms with Crippen LogP contribution in [-0.4, -0.2) is 28.8 Å². The molecule has 0 saturated carbocycles.